The van der Waals surface area contributed by atoms with Crippen LogP contribution < -0.4 is 26.3 Å². The van der Waals surface area contributed by atoms with Crippen molar-refractivity contribution in [1.29, 1.82) is 0 Å². The molecule has 0 spiro atoms. The van der Waals surface area contributed by atoms with Gasteiger partial charge in [0.15, 0.2) is 11.5 Å². The number of anilines is 1. The van der Waals surface area contributed by atoms with Gasteiger partial charge in [0.1, 0.15) is 6.61 Å². The summed E-state index contributed by atoms with van der Waals surface area (Å²) in [5, 5.41) is 2.61. The van der Waals surface area contributed by atoms with Crippen LogP contribution in [-0.2, 0) is 9.53 Å². The Morgan fingerprint density at radius 3 is 2.70 bits per heavy atom. The lowest BCUT2D eigenvalue weighted by atomic mass is 10.1. The summed E-state index contributed by atoms with van der Waals surface area (Å²) >= 11 is 0. The lowest BCUT2D eigenvalue weighted by molar-refractivity contribution is -0.122. The van der Waals surface area contributed by atoms with Gasteiger partial charge in [-0.25, -0.2) is 0 Å². The molecule has 0 saturated carbocycles. The van der Waals surface area contributed by atoms with Crippen LogP contribution in [0, 0.1) is 0 Å². The molecule has 2 amide bonds. The molecule has 2 rings (SSSR count). The van der Waals surface area contributed by atoms with Crippen molar-refractivity contribution in [3.8, 4) is 11.5 Å². The second-order valence-electron chi connectivity index (χ2n) is 4.07. The highest BCUT2D eigenvalue weighted by Crippen LogP contribution is 2.35. The first-order valence-corrected chi connectivity index (χ1v) is 5.91. The van der Waals surface area contributed by atoms with Gasteiger partial charge in [-0.05, 0) is 6.07 Å². The first-order chi connectivity index (χ1) is 9.58. The van der Waals surface area contributed by atoms with E-state index in [1.165, 1.54) is 6.07 Å². The predicted molar refractivity (Wildman–Crippen MR) is 69.3 cm³/mol. The van der Waals surface area contributed by atoms with Crippen molar-refractivity contribution in [3.05, 3.63) is 17.7 Å². The van der Waals surface area contributed by atoms with Gasteiger partial charge < -0.3 is 31.0 Å². The molecule has 0 fully saturated rings. The molecule has 0 atom stereocenters. The highest BCUT2D eigenvalue weighted by molar-refractivity contribution is 6.00. The monoisotopic (exact) mass is 281 g/mol. The summed E-state index contributed by atoms with van der Waals surface area (Å²) in [7, 11) is 0. The van der Waals surface area contributed by atoms with Gasteiger partial charge in [0.25, 0.3) is 5.91 Å². The summed E-state index contributed by atoms with van der Waals surface area (Å²) in [5.74, 6) is 0.0815. The number of amides is 2. The van der Waals surface area contributed by atoms with Gasteiger partial charge in [0, 0.05) is 18.3 Å². The minimum absolute atomic E-state index is 0.112. The SMILES string of the molecule is NC(=O)COCCNC(=O)c1cc2c(cc1N)OCO2. The summed E-state index contributed by atoms with van der Waals surface area (Å²) in [6.45, 7) is 0.349. The van der Waals surface area contributed by atoms with Crippen LogP contribution in [0.25, 0.3) is 0 Å². The van der Waals surface area contributed by atoms with Crippen LogP contribution in [0.2, 0.25) is 0 Å². The Labute approximate surface area is 115 Å². The number of fused-ring (bicyclic) bond motifs is 1. The maximum Gasteiger partial charge on any atom is 0.253 e. The van der Waals surface area contributed by atoms with E-state index in [-0.39, 0.29) is 32.5 Å². The zero-order valence-corrected chi connectivity index (χ0v) is 10.7. The second-order valence-corrected chi connectivity index (χ2v) is 4.07. The number of ether oxygens (including phenoxy) is 3. The van der Waals surface area contributed by atoms with E-state index in [2.05, 4.69) is 5.32 Å². The quantitative estimate of drug-likeness (QED) is 0.464. The normalized spacial score (nSPS) is 12.2. The fourth-order valence-electron chi connectivity index (χ4n) is 1.66. The van der Waals surface area contributed by atoms with Crippen molar-refractivity contribution in [2.75, 3.05) is 32.3 Å². The molecular formula is C12H15N3O5. The van der Waals surface area contributed by atoms with E-state index in [9.17, 15) is 9.59 Å². The Bertz CT molecular complexity index is 532. The average Bonchev–Trinajstić information content (AvgIpc) is 2.83. The minimum Gasteiger partial charge on any atom is -0.454 e. The van der Waals surface area contributed by atoms with Gasteiger partial charge in [0.2, 0.25) is 12.7 Å². The molecule has 8 nitrogen and oxygen atoms in total. The highest BCUT2D eigenvalue weighted by atomic mass is 16.7. The van der Waals surface area contributed by atoms with Crippen LogP contribution in [0.1, 0.15) is 10.4 Å². The molecule has 1 aliphatic heterocycles. The van der Waals surface area contributed by atoms with E-state index < -0.39 is 5.91 Å². The number of primary amides is 1. The van der Waals surface area contributed by atoms with Gasteiger partial charge in [0.05, 0.1) is 12.2 Å². The van der Waals surface area contributed by atoms with Crippen LogP contribution in [0.4, 0.5) is 5.69 Å². The Kier molecular flexibility index (Phi) is 4.26. The lowest BCUT2D eigenvalue weighted by Crippen LogP contribution is -2.29. The minimum atomic E-state index is -0.559. The third-order valence-corrected chi connectivity index (χ3v) is 2.57. The smallest absolute Gasteiger partial charge is 0.253 e. The fraction of sp³-hybridized carbons (Fsp3) is 0.333. The largest absolute Gasteiger partial charge is 0.454 e. The number of hydrogen-bond acceptors (Lipinski definition) is 6. The van der Waals surface area contributed by atoms with E-state index >= 15 is 0 Å². The Morgan fingerprint density at radius 2 is 2.00 bits per heavy atom. The van der Waals surface area contributed by atoms with Crippen molar-refractivity contribution >= 4 is 17.5 Å². The predicted octanol–water partition coefficient (Wildman–Crippen LogP) is -0.771. The van der Waals surface area contributed by atoms with Crippen LogP contribution in [0.5, 0.6) is 11.5 Å². The molecule has 1 aromatic rings. The molecule has 108 valence electrons. The van der Waals surface area contributed by atoms with E-state index in [4.69, 9.17) is 25.7 Å². The number of nitrogens with two attached hydrogens (primary N) is 2. The summed E-state index contributed by atoms with van der Waals surface area (Å²) in [6.07, 6.45) is 0. The van der Waals surface area contributed by atoms with E-state index in [0.29, 0.717) is 22.7 Å². The molecule has 0 aromatic heterocycles. The third-order valence-electron chi connectivity index (χ3n) is 2.57. The molecule has 1 heterocycles. The summed E-state index contributed by atoms with van der Waals surface area (Å²) in [5.41, 5.74) is 11.3. The molecule has 8 heteroatoms. The van der Waals surface area contributed by atoms with Crippen molar-refractivity contribution in [3.63, 3.8) is 0 Å². The number of carbonyl (C=O) groups excluding carboxylic acids is 2. The Hall–Kier alpha value is -2.48. The van der Waals surface area contributed by atoms with Crippen molar-refractivity contribution in [1.82, 2.24) is 5.32 Å². The van der Waals surface area contributed by atoms with Gasteiger partial charge in [-0.2, -0.15) is 0 Å². The number of rotatable bonds is 6. The van der Waals surface area contributed by atoms with Crippen molar-refractivity contribution < 1.29 is 23.8 Å². The van der Waals surface area contributed by atoms with Gasteiger partial charge in [-0.1, -0.05) is 0 Å². The summed E-state index contributed by atoms with van der Waals surface area (Å²) < 4.78 is 15.3. The molecule has 20 heavy (non-hydrogen) atoms. The zero-order valence-electron chi connectivity index (χ0n) is 10.7. The molecular weight excluding hydrogens is 266 g/mol. The topological polar surface area (TPSA) is 126 Å². The number of nitrogens with one attached hydrogen (secondary N) is 1. The molecule has 5 N–H and O–H groups in total. The Morgan fingerprint density at radius 1 is 1.30 bits per heavy atom. The maximum atomic E-state index is 11.9. The molecule has 1 aromatic carbocycles. The molecule has 0 radical (unpaired) electrons. The van der Waals surface area contributed by atoms with Crippen LogP contribution in [0.15, 0.2) is 12.1 Å². The third kappa shape index (κ3) is 3.29. The molecule has 1 aliphatic rings. The summed E-state index contributed by atoms with van der Waals surface area (Å²) in [6, 6.07) is 3.07. The van der Waals surface area contributed by atoms with E-state index in [0.717, 1.165) is 0 Å². The van der Waals surface area contributed by atoms with Crippen LogP contribution in [-0.4, -0.2) is 38.4 Å². The number of nitrogen functional groups attached to an aromatic ring is 1. The number of carbonyl (C=O) groups is 2. The van der Waals surface area contributed by atoms with Crippen molar-refractivity contribution in [2.45, 2.75) is 0 Å². The average molecular weight is 281 g/mol. The zero-order chi connectivity index (χ0) is 14.5. The van der Waals surface area contributed by atoms with E-state index in [1.54, 1.807) is 6.07 Å². The maximum absolute atomic E-state index is 11.9. The van der Waals surface area contributed by atoms with Gasteiger partial charge in [-0.3, -0.25) is 9.59 Å². The van der Waals surface area contributed by atoms with Crippen molar-refractivity contribution in [2.24, 2.45) is 5.73 Å². The lowest BCUT2D eigenvalue weighted by Gasteiger charge is -2.08. The first-order valence-electron chi connectivity index (χ1n) is 5.91. The van der Waals surface area contributed by atoms with Crippen LogP contribution >= 0.6 is 0 Å². The standard InChI is InChI=1S/C12H15N3O5/c13-8-4-10-9(19-6-20-10)3-7(8)12(17)15-1-2-18-5-11(14)16/h3-4H,1-2,5-6,13H2,(H2,14,16)(H,15,17). The highest BCUT2D eigenvalue weighted by Gasteiger charge is 2.19. The van der Waals surface area contributed by atoms with Gasteiger partial charge >= 0.3 is 0 Å². The molecule has 0 unspecified atom stereocenters. The molecule has 0 saturated heterocycles. The van der Waals surface area contributed by atoms with E-state index in [1.807, 2.05) is 0 Å². The molecule has 0 bridgehead atoms. The number of hydrogen-bond donors (Lipinski definition) is 3. The van der Waals surface area contributed by atoms with Crippen LogP contribution in [0.3, 0.4) is 0 Å². The Balaban J connectivity index is 1.88. The fourth-order valence-corrected chi connectivity index (χ4v) is 1.66. The second kappa shape index (κ2) is 6.11. The first kappa shape index (κ1) is 13.9. The molecule has 0 aliphatic carbocycles. The number of benzene rings is 1. The van der Waals surface area contributed by atoms with Gasteiger partial charge in [-0.15, -0.1) is 0 Å². The summed E-state index contributed by atoms with van der Waals surface area (Å²) in [4.78, 5) is 22.4.